The highest BCUT2D eigenvalue weighted by molar-refractivity contribution is 6.04. The second kappa shape index (κ2) is 8.47. The number of hydrogen-bond acceptors (Lipinski definition) is 5. The molecule has 0 radical (unpaired) electrons. The van der Waals surface area contributed by atoms with Crippen molar-refractivity contribution >= 4 is 11.7 Å². The van der Waals surface area contributed by atoms with Gasteiger partial charge in [0, 0.05) is 11.6 Å². The maximum absolute atomic E-state index is 12.8. The number of methoxy groups -OCH3 is 3. The molecule has 0 aliphatic carbocycles. The number of benzene rings is 2. The van der Waals surface area contributed by atoms with E-state index in [4.69, 9.17) is 14.2 Å². The Morgan fingerprint density at radius 2 is 1.64 bits per heavy atom. The first-order valence-electron chi connectivity index (χ1n) is 8.74. The fourth-order valence-electron chi connectivity index (χ4n) is 2.83. The number of aryl methyl sites for hydroxylation is 1. The SMILES string of the molecule is COc1cc(C(=O)Nc2ccnn2Cc2ccc(C)cc2)cc(OC)c1OC. The molecular weight excluding hydrogens is 358 g/mol. The Bertz CT molecular complexity index is 939. The molecule has 0 atom stereocenters. The Morgan fingerprint density at radius 3 is 2.21 bits per heavy atom. The zero-order valence-corrected chi connectivity index (χ0v) is 16.4. The first-order chi connectivity index (χ1) is 13.5. The summed E-state index contributed by atoms with van der Waals surface area (Å²) in [4.78, 5) is 12.8. The molecule has 0 saturated heterocycles. The average molecular weight is 381 g/mol. The van der Waals surface area contributed by atoms with Crippen LogP contribution in [0.2, 0.25) is 0 Å². The lowest BCUT2D eigenvalue weighted by molar-refractivity contribution is 0.102. The maximum atomic E-state index is 12.8. The lowest BCUT2D eigenvalue weighted by atomic mass is 10.1. The van der Waals surface area contributed by atoms with E-state index in [-0.39, 0.29) is 5.91 Å². The molecule has 3 rings (SSSR count). The van der Waals surface area contributed by atoms with Crippen molar-refractivity contribution in [2.45, 2.75) is 13.5 Å². The van der Waals surface area contributed by atoms with Crippen molar-refractivity contribution in [3.63, 3.8) is 0 Å². The number of carbonyl (C=O) groups excluding carboxylic acids is 1. The van der Waals surface area contributed by atoms with E-state index >= 15 is 0 Å². The van der Waals surface area contributed by atoms with Crippen LogP contribution in [0.5, 0.6) is 17.2 Å². The van der Waals surface area contributed by atoms with Crippen molar-refractivity contribution < 1.29 is 19.0 Å². The predicted molar refractivity (Wildman–Crippen MR) is 107 cm³/mol. The monoisotopic (exact) mass is 381 g/mol. The lowest BCUT2D eigenvalue weighted by Gasteiger charge is -2.14. The van der Waals surface area contributed by atoms with Crippen LogP contribution in [0.15, 0.2) is 48.7 Å². The summed E-state index contributed by atoms with van der Waals surface area (Å²) in [5.74, 6) is 1.57. The molecule has 0 bridgehead atoms. The number of nitrogens with one attached hydrogen (secondary N) is 1. The van der Waals surface area contributed by atoms with Crippen LogP contribution in [0, 0.1) is 6.92 Å². The normalized spacial score (nSPS) is 10.4. The second-order valence-electron chi connectivity index (χ2n) is 6.23. The molecule has 0 unspecified atom stereocenters. The molecule has 1 aromatic heterocycles. The predicted octanol–water partition coefficient (Wildman–Crippen LogP) is 3.52. The molecule has 7 nitrogen and oxygen atoms in total. The van der Waals surface area contributed by atoms with Crippen molar-refractivity contribution in [3.8, 4) is 17.2 Å². The van der Waals surface area contributed by atoms with Crippen LogP contribution < -0.4 is 19.5 Å². The molecule has 146 valence electrons. The molecular formula is C21H23N3O4. The third-order valence-electron chi connectivity index (χ3n) is 4.34. The number of aromatic nitrogens is 2. The molecule has 28 heavy (non-hydrogen) atoms. The summed E-state index contributed by atoms with van der Waals surface area (Å²) in [5, 5.41) is 7.20. The molecule has 0 saturated carbocycles. The van der Waals surface area contributed by atoms with Crippen molar-refractivity contribution in [1.82, 2.24) is 9.78 Å². The van der Waals surface area contributed by atoms with Crippen LogP contribution in [0.25, 0.3) is 0 Å². The average Bonchev–Trinajstić information content (AvgIpc) is 3.14. The quantitative estimate of drug-likeness (QED) is 0.678. The number of nitrogens with zero attached hydrogens (tertiary/aromatic N) is 2. The number of anilines is 1. The zero-order valence-electron chi connectivity index (χ0n) is 16.4. The van der Waals surface area contributed by atoms with Crippen molar-refractivity contribution in [3.05, 3.63) is 65.4 Å². The smallest absolute Gasteiger partial charge is 0.257 e. The van der Waals surface area contributed by atoms with E-state index in [1.54, 1.807) is 29.1 Å². The number of amides is 1. The first-order valence-corrected chi connectivity index (χ1v) is 8.74. The van der Waals surface area contributed by atoms with E-state index < -0.39 is 0 Å². The molecule has 2 aromatic carbocycles. The summed E-state index contributed by atoms with van der Waals surface area (Å²) in [6.45, 7) is 2.60. The molecule has 0 fully saturated rings. The Balaban J connectivity index is 1.82. The maximum Gasteiger partial charge on any atom is 0.257 e. The van der Waals surface area contributed by atoms with E-state index in [9.17, 15) is 4.79 Å². The van der Waals surface area contributed by atoms with Gasteiger partial charge in [0.15, 0.2) is 11.5 Å². The number of ether oxygens (including phenoxy) is 3. The summed E-state index contributed by atoms with van der Waals surface area (Å²) in [7, 11) is 4.54. The minimum Gasteiger partial charge on any atom is -0.493 e. The highest BCUT2D eigenvalue weighted by Crippen LogP contribution is 2.38. The molecule has 0 spiro atoms. The third kappa shape index (κ3) is 4.09. The number of rotatable bonds is 7. The van der Waals surface area contributed by atoms with Crippen LogP contribution in [0.1, 0.15) is 21.5 Å². The van der Waals surface area contributed by atoms with Gasteiger partial charge in [-0.1, -0.05) is 29.8 Å². The Kier molecular flexibility index (Phi) is 5.84. The molecule has 1 heterocycles. The van der Waals surface area contributed by atoms with Crippen molar-refractivity contribution in [2.24, 2.45) is 0 Å². The molecule has 3 aromatic rings. The largest absolute Gasteiger partial charge is 0.493 e. The summed E-state index contributed by atoms with van der Waals surface area (Å²) in [5.41, 5.74) is 2.68. The lowest BCUT2D eigenvalue weighted by Crippen LogP contribution is -2.16. The number of hydrogen-bond donors (Lipinski definition) is 1. The van der Waals surface area contributed by atoms with E-state index in [2.05, 4.69) is 10.4 Å². The molecule has 1 amide bonds. The minimum atomic E-state index is -0.301. The fraction of sp³-hybridized carbons (Fsp3) is 0.238. The third-order valence-corrected chi connectivity index (χ3v) is 4.34. The Morgan fingerprint density at radius 1 is 1.00 bits per heavy atom. The highest BCUT2D eigenvalue weighted by atomic mass is 16.5. The van der Waals surface area contributed by atoms with Crippen LogP contribution >= 0.6 is 0 Å². The highest BCUT2D eigenvalue weighted by Gasteiger charge is 2.18. The van der Waals surface area contributed by atoms with Gasteiger partial charge in [-0.2, -0.15) is 5.10 Å². The Hall–Kier alpha value is -3.48. The van der Waals surface area contributed by atoms with Crippen molar-refractivity contribution in [1.29, 1.82) is 0 Å². The molecule has 0 aliphatic rings. The summed E-state index contributed by atoms with van der Waals surface area (Å²) in [6, 6.07) is 13.2. The second-order valence-corrected chi connectivity index (χ2v) is 6.23. The molecule has 0 aliphatic heterocycles. The van der Waals surface area contributed by atoms with Crippen LogP contribution in [-0.2, 0) is 6.54 Å². The summed E-state index contributed by atoms with van der Waals surface area (Å²) < 4.78 is 17.7. The zero-order chi connectivity index (χ0) is 20.1. The number of carbonyl (C=O) groups is 1. The van der Waals surface area contributed by atoms with Gasteiger partial charge in [0.1, 0.15) is 5.82 Å². The van der Waals surface area contributed by atoms with E-state index in [1.165, 1.54) is 26.9 Å². The van der Waals surface area contributed by atoms with Gasteiger partial charge in [-0.05, 0) is 24.6 Å². The van der Waals surface area contributed by atoms with Gasteiger partial charge in [0.05, 0.1) is 34.1 Å². The Labute approximate surface area is 163 Å². The van der Waals surface area contributed by atoms with Crippen molar-refractivity contribution in [2.75, 3.05) is 26.6 Å². The van der Waals surface area contributed by atoms with E-state index in [0.29, 0.717) is 35.2 Å². The fourth-order valence-corrected chi connectivity index (χ4v) is 2.83. The van der Waals surface area contributed by atoms with Gasteiger partial charge in [-0.3, -0.25) is 4.79 Å². The van der Waals surface area contributed by atoms with Crippen LogP contribution in [0.3, 0.4) is 0 Å². The van der Waals surface area contributed by atoms with Crippen LogP contribution in [-0.4, -0.2) is 37.0 Å². The van der Waals surface area contributed by atoms with Gasteiger partial charge >= 0.3 is 0 Å². The van der Waals surface area contributed by atoms with Crippen LogP contribution in [0.4, 0.5) is 5.82 Å². The van der Waals surface area contributed by atoms with E-state index in [1.807, 2.05) is 31.2 Å². The van der Waals surface area contributed by atoms with Gasteiger partial charge < -0.3 is 19.5 Å². The molecule has 1 N–H and O–H groups in total. The van der Waals surface area contributed by atoms with Gasteiger partial charge in [-0.25, -0.2) is 4.68 Å². The topological polar surface area (TPSA) is 74.6 Å². The first kappa shape index (κ1) is 19.3. The van der Waals surface area contributed by atoms with Gasteiger partial charge in [0.2, 0.25) is 5.75 Å². The standard InChI is InChI=1S/C21H23N3O4/c1-14-5-7-15(8-6-14)13-24-19(9-10-22-24)23-21(25)16-11-17(26-2)20(28-4)18(12-16)27-3/h5-12H,13H2,1-4H3,(H,23,25). The minimum absolute atomic E-state index is 0.301. The van der Waals surface area contributed by atoms with Gasteiger partial charge in [-0.15, -0.1) is 0 Å². The summed E-state index contributed by atoms with van der Waals surface area (Å²) in [6.07, 6.45) is 1.65. The summed E-state index contributed by atoms with van der Waals surface area (Å²) >= 11 is 0. The van der Waals surface area contributed by atoms with E-state index in [0.717, 1.165) is 5.56 Å². The van der Waals surface area contributed by atoms with Gasteiger partial charge in [0.25, 0.3) is 5.91 Å². The molecule has 7 heteroatoms.